The van der Waals surface area contributed by atoms with Gasteiger partial charge in [-0.3, -0.25) is 0 Å². The lowest BCUT2D eigenvalue weighted by Gasteiger charge is -1.92. The third-order valence-electron chi connectivity index (χ3n) is 1.84. The average molecular weight is 362 g/mol. The van der Waals surface area contributed by atoms with Crippen LogP contribution in [0.3, 0.4) is 0 Å². The first-order valence-corrected chi connectivity index (χ1v) is 6.09. The number of nitrogens with one attached hydrogen (secondary N) is 1. The van der Waals surface area contributed by atoms with E-state index in [1.807, 2.05) is 12.1 Å². The van der Waals surface area contributed by atoms with Gasteiger partial charge in [0.25, 0.3) is 0 Å². The van der Waals surface area contributed by atoms with Crippen molar-refractivity contribution in [3.8, 4) is 6.07 Å². The first-order chi connectivity index (χ1) is 6.74. The fourth-order valence-corrected chi connectivity index (χ4v) is 2.27. The number of nitrogens with zero attached hydrogens (tertiary/aromatic N) is 2. The van der Waals surface area contributed by atoms with E-state index in [-0.39, 0.29) is 0 Å². The van der Waals surface area contributed by atoms with Crippen molar-refractivity contribution in [2.24, 2.45) is 0 Å². The number of aromatic amines is 1. The Labute approximate surface area is 103 Å². The number of H-pyrrole nitrogens is 1. The molecule has 2 aromatic rings. The normalized spacial score (nSPS) is 10.4. The van der Waals surface area contributed by atoms with Gasteiger partial charge in [-0.25, -0.2) is 4.98 Å². The van der Waals surface area contributed by atoms with Gasteiger partial charge in [0.1, 0.15) is 11.3 Å². The van der Waals surface area contributed by atoms with Gasteiger partial charge in [-0.05, 0) is 34.7 Å². The van der Waals surface area contributed by atoms with Crippen LogP contribution in [0.25, 0.3) is 11.0 Å². The van der Waals surface area contributed by atoms with Crippen LogP contribution >= 0.6 is 38.5 Å². The van der Waals surface area contributed by atoms with Gasteiger partial charge < -0.3 is 4.98 Å². The Hall–Kier alpha value is -0.610. The monoisotopic (exact) mass is 361 g/mol. The number of alkyl halides is 1. The number of halogens is 2. The Morgan fingerprint density at radius 1 is 1.57 bits per heavy atom. The van der Waals surface area contributed by atoms with E-state index in [0.717, 1.165) is 20.4 Å². The highest BCUT2D eigenvalue weighted by Crippen LogP contribution is 2.21. The van der Waals surface area contributed by atoms with Crippen molar-refractivity contribution in [3.63, 3.8) is 0 Å². The van der Waals surface area contributed by atoms with Gasteiger partial charge in [0.2, 0.25) is 0 Å². The van der Waals surface area contributed by atoms with Crippen molar-refractivity contribution < 1.29 is 0 Å². The van der Waals surface area contributed by atoms with Crippen LogP contribution in [0, 0.1) is 14.9 Å². The molecule has 3 nitrogen and oxygen atoms in total. The van der Waals surface area contributed by atoms with Crippen molar-refractivity contribution in [2.45, 2.75) is 5.33 Å². The highest BCUT2D eigenvalue weighted by atomic mass is 127. The summed E-state index contributed by atoms with van der Waals surface area (Å²) in [7, 11) is 0. The van der Waals surface area contributed by atoms with E-state index in [2.05, 4.69) is 54.6 Å². The molecule has 0 aliphatic rings. The van der Waals surface area contributed by atoms with E-state index in [1.54, 1.807) is 0 Å². The van der Waals surface area contributed by atoms with Gasteiger partial charge in [-0.15, -0.1) is 0 Å². The minimum Gasteiger partial charge on any atom is -0.341 e. The van der Waals surface area contributed by atoms with Crippen LogP contribution in [-0.2, 0) is 5.33 Å². The van der Waals surface area contributed by atoms with E-state index >= 15 is 0 Å². The number of fused-ring (bicyclic) bond motifs is 1. The molecule has 0 aliphatic heterocycles. The third-order valence-corrected chi connectivity index (χ3v) is 3.20. The number of rotatable bonds is 1. The summed E-state index contributed by atoms with van der Waals surface area (Å²) < 4.78 is 1.00. The molecule has 2 rings (SSSR count). The summed E-state index contributed by atoms with van der Waals surface area (Å²) in [6.45, 7) is 0. The molecule has 70 valence electrons. The molecule has 0 unspecified atom stereocenters. The molecule has 5 heteroatoms. The lowest BCUT2D eigenvalue weighted by atomic mass is 10.2. The van der Waals surface area contributed by atoms with Gasteiger partial charge in [0.05, 0.1) is 22.5 Å². The number of nitriles is 1. The third kappa shape index (κ3) is 1.64. The van der Waals surface area contributed by atoms with Gasteiger partial charge >= 0.3 is 0 Å². The molecule has 0 radical (unpaired) electrons. The summed E-state index contributed by atoms with van der Waals surface area (Å²) in [6.07, 6.45) is 0. The highest BCUT2D eigenvalue weighted by Gasteiger charge is 2.06. The molecule has 0 aliphatic carbocycles. The predicted molar refractivity (Wildman–Crippen MR) is 66.2 cm³/mol. The van der Waals surface area contributed by atoms with Gasteiger partial charge in [0.15, 0.2) is 0 Å². The van der Waals surface area contributed by atoms with Crippen LogP contribution in [0.1, 0.15) is 11.4 Å². The zero-order valence-electron chi connectivity index (χ0n) is 7.01. The number of hydrogen-bond acceptors (Lipinski definition) is 2. The number of aromatic nitrogens is 2. The molecule has 1 N–H and O–H groups in total. The molecular formula is C9H5BrIN3. The largest absolute Gasteiger partial charge is 0.341 e. The van der Waals surface area contributed by atoms with Crippen molar-refractivity contribution in [3.05, 3.63) is 27.1 Å². The Kier molecular flexibility index (Phi) is 2.74. The molecule has 14 heavy (non-hydrogen) atoms. The van der Waals surface area contributed by atoms with E-state index < -0.39 is 0 Å². The molecule has 1 aromatic carbocycles. The number of benzene rings is 1. The Balaban J connectivity index is 2.75. The van der Waals surface area contributed by atoms with Crippen LogP contribution < -0.4 is 0 Å². The smallest absolute Gasteiger partial charge is 0.117 e. The summed E-state index contributed by atoms with van der Waals surface area (Å²) >= 11 is 5.52. The van der Waals surface area contributed by atoms with Crippen molar-refractivity contribution in [1.82, 2.24) is 9.97 Å². The standard InChI is InChI=1S/C9H5BrIN3/c10-3-8-13-7-2-5(4-12)1-6(11)9(7)14-8/h1-2H,3H2,(H,13,14). The molecule has 0 amide bonds. The minimum atomic E-state index is 0.659. The quantitative estimate of drug-likeness (QED) is 0.627. The van der Waals surface area contributed by atoms with Crippen molar-refractivity contribution in [1.29, 1.82) is 5.26 Å². The highest BCUT2D eigenvalue weighted by molar-refractivity contribution is 14.1. The summed E-state index contributed by atoms with van der Waals surface area (Å²) in [4.78, 5) is 7.53. The van der Waals surface area contributed by atoms with Crippen LogP contribution in [0.4, 0.5) is 0 Å². The maximum Gasteiger partial charge on any atom is 0.117 e. The number of imidazole rings is 1. The first-order valence-electron chi connectivity index (χ1n) is 3.89. The fourth-order valence-electron chi connectivity index (χ4n) is 1.25. The molecule has 0 saturated heterocycles. The molecule has 1 heterocycles. The summed E-state index contributed by atoms with van der Waals surface area (Å²) in [5.41, 5.74) is 2.51. The average Bonchev–Trinajstić information content (AvgIpc) is 2.61. The zero-order valence-corrected chi connectivity index (χ0v) is 10.8. The number of hydrogen-bond donors (Lipinski definition) is 1. The Morgan fingerprint density at radius 3 is 3.00 bits per heavy atom. The van der Waals surface area contributed by atoms with Crippen molar-refractivity contribution in [2.75, 3.05) is 0 Å². The van der Waals surface area contributed by atoms with Gasteiger partial charge in [-0.2, -0.15) is 5.26 Å². The van der Waals surface area contributed by atoms with E-state index in [1.165, 1.54) is 0 Å². The molecule has 0 bridgehead atoms. The summed E-state index contributed by atoms with van der Waals surface area (Å²) in [5.74, 6) is 0.882. The molecule has 0 atom stereocenters. The van der Waals surface area contributed by atoms with E-state index in [4.69, 9.17) is 5.26 Å². The molecule has 0 spiro atoms. The van der Waals surface area contributed by atoms with Crippen molar-refractivity contribution >= 4 is 49.6 Å². The Bertz CT molecular complexity index is 527. The lowest BCUT2D eigenvalue weighted by molar-refractivity contribution is 1.15. The van der Waals surface area contributed by atoms with Crippen LogP contribution in [0.2, 0.25) is 0 Å². The van der Waals surface area contributed by atoms with Crippen LogP contribution in [-0.4, -0.2) is 9.97 Å². The molecule has 0 fully saturated rings. The van der Waals surface area contributed by atoms with E-state index in [0.29, 0.717) is 10.9 Å². The van der Waals surface area contributed by atoms with Crippen LogP contribution in [0.15, 0.2) is 12.1 Å². The predicted octanol–water partition coefficient (Wildman–Crippen LogP) is 2.93. The van der Waals surface area contributed by atoms with Crippen LogP contribution in [0.5, 0.6) is 0 Å². The molecular weight excluding hydrogens is 357 g/mol. The lowest BCUT2D eigenvalue weighted by Crippen LogP contribution is -1.80. The second-order valence-corrected chi connectivity index (χ2v) is 4.51. The van der Waals surface area contributed by atoms with Gasteiger partial charge in [-0.1, -0.05) is 15.9 Å². The maximum atomic E-state index is 8.79. The van der Waals surface area contributed by atoms with Gasteiger partial charge in [0, 0.05) is 3.57 Å². The first kappa shape index (κ1) is 9.93. The maximum absolute atomic E-state index is 8.79. The Morgan fingerprint density at radius 2 is 2.36 bits per heavy atom. The second-order valence-electron chi connectivity index (χ2n) is 2.78. The topological polar surface area (TPSA) is 52.5 Å². The SMILES string of the molecule is N#Cc1cc(I)c2nc(CBr)[nH]c2c1. The molecule has 1 aromatic heterocycles. The molecule has 0 saturated carbocycles. The fraction of sp³-hybridized carbons (Fsp3) is 0.111. The summed E-state index contributed by atoms with van der Waals surface area (Å²) in [5, 5.41) is 9.48. The summed E-state index contributed by atoms with van der Waals surface area (Å²) in [6, 6.07) is 5.77. The second kappa shape index (κ2) is 3.87. The van der Waals surface area contributed by atoms with E-state index in [9.17, 15) is 0 Å². The minimum absolute atomic E-state index is 0.659. The zero-order chi connectivity index (χ0) is 10.1.